The molecular formula is C20H21N5O3. The zero-order valence-electron chi connectivity index (χ0n) is 16.0. The van der Waals surface area contributed by atoms with Crippen molar-refractivity contribution < 1.29 is 14.3 Å². The molecule has 1 fully saturated rings. The van der Waals surface area contributed by atoms with E-state index in [-0.39, 0.29) is 11.8 Å². The highest BCUT2D eigenvalue weighted by Gasteiger charge is 2.35. The van der Waals surface area contributed by atoms with Crippen LogP contribution in [-0.2, 0) is 11.8 Å². The molecule has 2 aromatic heterocycles. The highest BCUT2D eigenvalue weighted by atomic mass is 16.5. The second-order valence-electron chi connectivity index (χ2n) is 6.78. The second-order valence-corrected chi connectivity index (χ2v) is 6.78. The molecule has 3 aromatic rings. The van der Waals surface area contributed by atoms with Crippen molar-refractivity contribution in [2.45, 2.75) is 19.4 Å². The predicted octanol–water partition coefficient (Wildman–Crippen LogP) is 1.82. The summed E-state index contributed by atoms with van der Waals surface area (Å²) in [7, 11) is 3.38. The smallest absolute Gasteiger partial charge is 0.253 e. The minimum Gasteiger partial charge on any atom is -0.495 e. The number of hydrogen-bond acceptors (Lipinski definition) is 5. The Morgan fingerprint density at radius 1 is 1.32 bits per heavy atom. The molecule has 8 nitrogen and oxygen atoms in total. The highest BCUT2D eigenvalue weighted by molar-refractivity contribution is 6.05. The van der Waals surface area contributed by atoms with Crippen molar-refractivity contribution in [3.05, 3.63) is 47.8 Å². The van der Waals surface area contributed by atoms with Crippen molar-refractivity contribution in [3.63, 3.8) is 0 Å². The lowest BCUT2D eigenvalue weighted by atomic mass is 10.1. The highest BCUT2D eigenvalue weighted by Crippen LogP contribution is 2.31. The molecule has 0 aliphatic carbocycles. The average molecular weight is 379 g/mol. The maximum atomic E-state index is 12.8. The standard InChI is InChI=1S/C20H21N5O3/c1-12-14-10-13(11-21-18(14)24(2)23-12)19(26)22-15-8-9-25(20(15)27)16-6-4-5-7-17(16)28-3/h4-7,10-11,15H,8-9H2,1-3H3,(H,22,26). The number of para-hydroxylation sites is 2. The number of aromatic nitrogens is 3. The van der Waals surface area contributed by atoms with Crippen LogP contribution in [0.25, 0.3) is 11.0 Å². The number of fused-ring (bicyclic) bond motifs is 1. The van der Waals surface area contributed by atoms with Crippen LogP contribution in [0.5, 0.6) is 5.75 Å². The molecule has 28 heavy (non-hydrogen) atoms. The van der Waals surface area contributed by atoms with Gasteiger partial charge in [-0.05, 0) is 31.5 Å². The molecule has 0 bridgehead atoms. The molecule has 1 aromatic carbocycles. The van der Waals surface area contributed by atoms with Gasteiger partial charge < -0.3 is 15.0 Å². The van der Waals surface area contributed by atoms with Gasteiger partial charge in [0.05, 0.1) is 24.1 Å². The van der Waals surface area contributed by atoms with Crippen molar-refractivity contribution >= 4 is 28.5 Å². The van der Waals surface area contributed by atoms with Gasteiger partial charge >= 0.3 is 0 Å². The summed E-state index contributed by atoms with van der Waals surface area (Å²) in [5, 5.41) is 7.97. The number of aryl methyl sites for hydroxylation is 2. The Labute approximate surface area is 162 Å². The summed E-state index contributed by atoms with van der Waals surface area (Å²) in [6.07, 6.45) is 2.04. The zero-order chi connectivity index (χ0) is 19.8. The lowest BCUT2D eigenvalue weighted by Crippen LogP contribution is -2.41. The van der Waals surface area contributed by atoms with Gasteiger partial charge in [0.1, 0.15) is 11.8 Å². The van der Waals surface area contributed by atoms with E-state index in [0.717, 1.165) is 11.1 Å². The van der Waals surface area contributed by atoms with Crippen LogP contribution in [0.2, 0.25) is 0 Å². The molecule has 3 heterocycles. The van der Waals surface area contributed by atoms with Crippen LogP contribution in [0.15, 0.2) is 36.5 Å². The van der Waals surface area contributed by atoms with Crippen LogP contribution in [-0.4, -0.2) is 46.3 Å². The van der Waals surface area contributed by atoms with Crippen molar-refractivity contribution in [1.82, 2.24) is 20.1 Å². The Hall–Kier alpha value is -3.42. The fourth-order valence-electron chi connectivity index (χ4n) is 3.58. The Morgan fingerprint density at radius 3 is 2.89 bits per heavy atom. The molecule has 0 radical (unpaired) electrons. The number of carbonyl (C=O) groups excluding carboxylic acids is 2. The first kappa shape index (κ1) is 18.0. The third-order valence-corrected chi connectivity index (χ3v) is 5.01. The minimum atomic E-state index is -0.580. The van der Waals surface area contributed by atoms with E-state index >= 15 is 0 Å². The molecule has 1 aliphatic rings. The lowest BCUT2D eigenvalue weighted by Gasteiger charge is -2.19. The van der Waals surface area contributed by atoms with Crippen molar-refractivity contribution in [1.29, 1.82) is 0 Å². The summed E-state index contributed by atoms with van der Waals surface area (Å²) >= 11 is 0. The van der Waals surface area contributed by atoms with E-state index in [9.17, 15) is 9.59 Å². The van der Waals surface area contributed by atoms with Gasteiger partial charge in [-0.2, -0.15) is 5.10 Å². The van der Waals surface area contributed by atoms with Crippen LogP contribution in [0.1, 0.15) is 22.5 Å². The molecule has 144 valence electrons. The molecule has 4 rings (SSSR count). The SMILES string of the molecule is COc1ccccc1N1CCC(NC(=O)c2cnc3c(c2)c(C)nn3C)C1=O. The quantitative estimate of drug-likeness (QED) is 0.747. The Balaban J connectivity index is 1.53. The number of amides is 2. The lowest BCUT2D eigenvalue weighted by molar-refractivity contribution is -0.118. The Morgan fingerprint density at radius 2 is 2.11 bits per heavy atom. The number of nitrogens with zero attached hydrogens (tertiary/aromatic N) is 4. The number of rotatable bonds is 4. The third kappa shape index (κ3) is 2.96. The summed E-state index contributed by atoms with van der Waals surface area (Å²) in [6, 6.07) is 8.54. The fraction of sp³-hybridized carbons (Fsp3) is 0.300. The number of anilines is 1. The molecule has 1 atom stereocenters. The van der Waals surface area contributed by atoms with E-state index in [1.54, 1.807) is 22.8 Å². The Kier molecular flexibility index (Phi) is 4.46. The first-order valence-electron chi connectivity index (χ1n) is 9.04. The van der Waals surface area contributed by atoms with Gasteiger partial charge in [0, 0.05) is 25.2 Å². The molecule has 0 spiro atoms. The van der Waals surface area contributed by atoms with E-state index in [1.165, 1.54) is 6.20 Å². The molecule has 8 heteroatoms. The van der Waals surface area contributed by atoms with Crippen molar-refractivity contribution in [3.8, 4) is 5.75 Å². The van der Waals surface area contributed by atoms with E-state index in [4.69, 9.17) is 4.74 Å². The van der Waals surface area contributed by atoms with E-state index < -0.39 is 6.04 Å². The number of hydrogen-bond donors (Lipinski definition) is 1. The summed E-state index contributed by atoms with van der Waals surface area (Å²) in [6.45, 7) is 2.39. The first-order valence-corrected chi connectivity index (χ1v) is 9.04. The summed E-state index contributed by atoms with van der Waals surface area (Å²) in [5.41, 5.74) is 2.64. The molecule has 1 saturated heterocycles. The number of benzene rings is 1. The number of nitrogens with one attached hydrogen (secondary N) is 1. The van der Waals surface area contributed by atoms with Crippen LogP contribution in [0.3, 0.4) is 0 Å². The third-order valence-electron chi connectivity index (χ3n) is 5.01. The van der Waals surface area contributed by atoms with Crippen LogP contribution in [0.4, 0.5) is 5.69 Å². The van der Waals surface area contributed by atoms with Crippen molar-refractivity contribution in [2.24, 2.45) is 7.05 Å². The second kappa shape index (κ2) is 6.95. The fourth-order valence-corrected chi connectivity index (χ4v) is 3.58. The Bertz CT molecular complexity index is 1070. The normalized spacial score (nSPS) is 16.6. The molecular weight excluding hydrogens is 358 g/mol. The van der Waals surface area contributed by atoms with E-state index in [1.807, 2.05) is 38.2 Å². The van der Waals surface area contributed by atoms with E-state index in [2.05, 4.69) is 15.4 Å². The van der Waals surface area contributed by atoms with Gasteiger partial charge in [-0.1, -0.05) is 12.1 Å². The summed E-state index contributed by atoms with van der Waals surface area (Å²) in [5.74, 6) is 0.159. The average Bonchev–Trinajstić information content (AvgIpc) is 3.20. The topological polar surface area (TPSA) is 89.3 Å². The predicted molar refractivity (Wildman–Crippen MR) is 104 cm³/mol. The maximum absolute atomic E-state index is 12.8. The van der Waals surface area contributed by atoms with Gasteiger partial charge in [0.15, 0.2) is 5.65 Å². The number of pyridine rings is 1. The van der Waals surface area contributed by atoms with Gasteiger partial charge in [-0.3, -0.25) is 14.3 Å². The summed E-state index contributed by atoms with van der Waals surface area (Å²) < 4.78 is 7.03. The van der Waals surface area contributed by atoms with Gasteiger partial charge in [-0.15, -0.1) is 0 Å². The largest absolute Gasteiger partial charge is 0.495 e. The van der Waals surface area contributed by atoms with E-state index in [0.29, 0.717) is 35.6 Å². The molecule has 0 saturated carbocycles. The van der Waals surface area contributed by atoms with Gasteiger partial charge in [0.2, 0.25) is 5.91 Å². The van der Waals surface area contributed by atoms with Crippen molar-refractivity contribution in [2.75, 3.05) is 18.6 Å². The monoisotopic (exact) mass is 379 g/mol. The van der Waals surface area contributed by atoms with Crippen LogP contribution in [0, 0.1) is 6.92 Å². The number of methoxy groups -OCH3 is 1. The number of carbonyl (C=O) groups is 2. The van der Waals surface area contributed by atoms with Crippen LogP contribution >= 0.6 is 0 Å². The molecule has 1 aliphatic heterocycles. The maximum Gasteiger partial charge on any atom is 0.253 e. The zero-order valence-corrected chi connectivity index (χ0v) is 16.0. The first-order chi connectivity index (χ1) is 13.5. The molecule has 2 amide bonds. The summed E-state index contributed by atoms with van der Waals surface area (Å²) in [4.78, 5) is 31.5. The number of ether oxygens (including phenoxy) is 1. The van der Waals surface area contributed by atoms with Crippen LogP contribution < -0.4 is 15.0 Å². The minimum absolute atomic E-state index is 0.149. The molecule has 1 unspecified atom stereocenters. The molecule has 1 N–H and O–H groups in total. The van der Waals surface area contributed by atoms with Gasteiger partial charge in [0.25, 0.3) is 5.91 Å². The van der Waals surface area contributed by atoms with Gasteiger partial charge in [-0.25, -0.2) is 4.98 Å².